The van der Waals surface area contributed by atoms with Gasteiger partial charge in [0, 0.05) is 25.9 Å². The number of carbonyl (C=O) groups excluding carboxylic acids is 1. The summed E-state index contributed by atoms with van der Waals surface area (Å²) in [4.78, 5) is 18.6. The fraction of sp³-hybridized carbons (Fsp3) is 0.400. The number of carbonyl (C=O) groups is 1. The van der Waals surface area contributed by atoms with Gasteiger partial charge in [0.1, 0.15) is 5.69 Å². The number of amides is 1. The molecule has 6 heteroatoms. The lowest BCUT2D eigenvalue weighted by Gasteiger charge is -2.19. The lowest BCUT2D eigenvalue weighted by molar-refractivity contribution is 0.0981. The first-order valence-corrected chi connectivity index (χ1v) is 6.95. The molecule has 0 spiro atoms. The Morgan fingerprint density at radius 3 is 3.00 bits per heavy atom. The second kappa shape index (κ2) is 5.20. The standard InChI is InChI=1S/C15H18N4O2/c1-18(14-12(21-3)8-5-9-16-14)15(20)13-10-6-4-7-11(10)17-19(13)2/h5,8-9H,4,6-7H2,1-3H3. The molecular weight excluding hydrogens is 268 g/mol. The number of anilines is 1. The molecule has 1 aliphatic rings. The number of pyridine rings is 1. The average Bonchev–Trinajstić information content (AvgIpc) is 3.05. The Balaban J connectivity index is 1.99. The molecule has 0 fully saturated rings. The third-order valence-corrected chi connectivity index (χ3v) is 3.86. The Morgan fingerprint density at radius 1 is 1.43 bits per heavy atom. The summed E-state index contributed by atoms with van der Waals surface area (Å²) < 4.78 is 6.96. The van der Waals surface area contributed by atoms with Crippen molar-refractivity contribution in [3.63, 3.8) is 0 Å². The first-order chi connectivity index (χ1) is 10.1. The smallest absolute Gasteiger partial charge is 0.277 e. The molecule has 0 saturated carbocycles. The summed E-state index contributed by atoms with van der Waals surface area (Å²) in [6.45, 7) is 0. The van der Waals surface area contributed by atoms with Crippen LogP contribution in [0.25, 0.3) is 0 Å². The lowest BCUT2D eigenvalue weighted by atomic mass is 10.2. The van der Waals surface area contributed by atoms with Crippen molar-refractivity contribution in [2.45, 2.75) is 19.3 Å². The highest BCUT2D eigenvalue weighted by atomic mass is 16.5. The van der Waals surface area contributed by atoms with Crippen molar-refractivity contribution in [2.75, 3.05) is 19.1 Å². The van der Waals surface area contributed by atoms with Crippen LogP contribution < -0.4 is 9.64 Å². The van der Waals surface area contributed by atoms with Gasteiger partial charge in [-0.2, -0.15) is 5.10 Å². The van der Waals surface area contributed by atoms with Crippen molar-refractivity contribution in [2.24, 2.45) is 7.05 Å². The van der Waals surface area contributed by atoms with Gasteiger partial charge in [-0.1, -0.05) is 0 Å². The molecule has 2 aromatic rings. The molecule has 0 radical (unpaired) electrons. The Kier molecular flexibility index (Phi) is 3.37. The van der Waals surface area contributed by atoms with E-state index in [4.69, 9.17) is 4.74 Å². The number of hydrogen-bond donors (Lipinski definition) is 0. The summed E-state index contributed by atoms with van der Waals surface area (Å²) in [5.74, 6) is 0.982. The molecule has 2 aromatic heterocycles. The van der Waals surface area contributed by atoms with Crippen LogP contribution in [0, 0.1) is 0 Å². The van der Waals surface area contributed by atoms with Crippen LogP contribution >= 0.6 is 0 Å². The first kappa shape index (κ1) is 13.6. The molecule has 0 unspecified atom stereocenters. The Labute approximate surface area is 123 Å². The van der Waals surface area contributed by atoms with Gasteiger partial charge in [-0.25, -0.2) is 4.98 Å². The number of rotatable bonds is 3. The minimum atomic E-state index is -0.106. The zero-order valence-corrected chi connectivity index (χ0v) is 12.5. The largest absolute Gasteiger partial charge is 0.493 e. The van der Waals surface area contributed by atoms with E-state index in [0.29, 0.717) is 17.3 Å². The van der Waals surface area contributed by atoms with E-state index in [1.165, 1.54) is 4.90 Å². The van der Waals surface area contributed by atoms with Gasteiger partial charge in [0.05, 0.1) is 12.8 Å². The minimum Gasteiger partial charge on any atom is -0.493 e. The molecule has 0 atom stereocenters. The van der Waals surface area contributed by atoms with Crippen LogP contribution in [0.3, 0.4) is 0 Å². The molecule has 21 heavy (non-hydrogen) atoms. The third-order valence-electron chi connectivity index (χ3n) is 3.86. The zero-order chi connectivity index (χ0) is 15.0. The van der Waals surface area contributed by atoms with E-state index in [2.05, 4.69) is 10.1 Å². The van der Waals surface area contributed by atoms with E-state index in [0.717, 1.165) is 30.5 Å². The molecule has 110 valence electrons. The summed E-state index contributed by atoms with van der Waals surface area (Å²) in [6.07, 6.45) is 4.58. The van der Waals surface area contributed by atoms with Gasteiger partial charge >= 0.3 is 0 Å². The van der Waals surface area contributed by atoms with Crippen molar-refractivity contribution in [1.29, 1.82) is 0 Å². The van der Waals surface area contributed by atoms with Gasteiger partial charge in [-0.3, -0.25) is 14.4 Å². The van der Waals surface area contributed by atoms with E-state index in [1.54, 1.807) is 37.2 Å². The highest BCUT2D eigenvalue weighted by molar-refractivity contribution is 6.06. The predicted octanol–water partition coefficient (Wildman–Crippen LogP) is 1.59. The maximum atomic E-state index is 12.8. The minimum absolute atomic E-state index is 0.106. The number of hydrogen-bond acceptors (Lipinski definition) is 4. The van der Waals surface area contributed by atoms with Crippen LogP contribution in [-0.2, 0) is 19.9 Å². The SMILES string of the molecule is COc1cccnc1N(C)C(=O)c1c2c(nn1C)CCC2. The topological polar surface area (TPSA) is 60.2 Å². The normalized spacial score (nSPS) is 13.1. The van der Waals surface area contributed by atoms with Gasteiger partial charge in [0.2, 0.25) is 0 Å². The number of aromatic nitrogens is 3. The molecule has 0 saturated heterocycles. The predicted molar refractivity (Wildman–Crippen MR) is 78.8 cm³/mol. The first-order valence-electron chi connectivity index (χ1n) is 6.95. The van der Waals surface area contributed by atoms with Crippen molar-refractivity contribution < 1.29 is 9.53 Å². The van der Waals surface area contributed by atoms with E-state index in [-0.39, 0.29) is 5.91 Å². The van der Waals surface area contributed by atoms with Crippen LogP contribution in [0.1, 0.15) is 28.2 Å². The van der Waals surface area contributed by atoms with Gasteiger partial charge in [0.15, 0.2) is 11.6 Å². The molecule has 0 bridgehead atoms. The highest BCUT2D eigenvalue weighted by Crippen LogP contribution is 2.28. The molecule has 3 rings (SSSR count). The van der Waals surface area contributed by atoms with Gasteiger partial charge in [0.25, 0.3) is 5.91 Å². The molecule has 1 amide bonds. The quantitative estimate of drug-likeness (QED) is 0.859. The lowest BCUT2D eigenvalue weighted by Crippen LogP contribution is -2.30. The number of nitrogens with zero attached hydrogens (tertiary/aromatic N) is 4. The number of aryl methyl sites for hydroxylation is 2. The van der Waals surface area contributed by atoms with Crippen molar-refractivity contribution >= 4 is 11.7 Å². The fourth-order valence-corrected chi connectivity index (χ4v) is 2.84. The molecule has 0 aliphatic heterocycles. The molecule has 6 nitrogen and oxygen atoms in total. The van der Waals surface area contributed by atoms with E-state index < -0.39 is 0 Å². The highest BCUT2D eigenvalue weighted by Gasteiger charge is 2.28. The number of ether oxygens (including phenoxy) is 1. The number of fused-ring (bicyclic) bond motifs is 1. The Hall–Kier alpha value is -2.37. The van der Waals surface area contributed by atoms with Gasteiger partial charge < -0.3 is 4.74 Å². The number of methoxy groups -OCH3 is 1. The zero-order valence-electron chi connectivity index (χ0n) is 12.5. The summed E-state index contributed by atoms with van der Waals surface area (Å²) >= 11 is 0. The van der Waals surface area contributed by atoms with E-state index in [1.807, 2.05) is 7.05 Å². The maximum absolute atomic E-state index is 12.8. The van der Waals surface area contributed by atoms with E-state index >= 15 is 0 Å². The molecule has 1 aliphatic carbocycles. The van der Waals surface area contributed by atoms with Crippen LogP contribution in [0.2, 0.25) is 0 Å². The van der Waals surface area contributed by atoms with E-state index in [9.17, 15) is 4.79 Å². The molecular formula is C15H18N4O2. The van der Waals surface area contributed by atoms with Crippen LogP contribution in [-0.4, -0.2) is 34.8 Å². The molecule has 2 heterocycles. The summed E-state index contributed by atoms with van der Waals surface area (Å²) in [5.41, 5.74) is 2.77. The van der Waals surface area contributed by atoms with Gasteiger partial charge in [-0.05, 0) is 31.4 Å². The summed E-state index contributed by atoms with van der Waals surface area (Å²) in [6, 6.07) is 3.57. The van der Waals surface area contributed by atoms with Crippen molar-refractivity contribution in [3.8, 4) is 5.75 Å². The molecule has 0 aromatic carbocycles. The van der Waals surface area contributed by atoms with Gasteiger partial charge in [-0.15, -0.1) is 0 Å². The van der Waals surface area contributed by atoms with Crippen molar-refractivity contribution in [3.05, 3.63) is 35.3 Å². The maximum Gasteiger partial charge on any atom is 0.277 e. The Bertz CT molecular complexity index is 693. The fourth-order valence-electron chi connectivity index (χ4n) is 2.84. The summed E-state index contributed by atoms with van der Waals surface area (Å²) in [5, 5.41) is 4.45. The third kappa shape index (κ3) is 2.16. The molecule has 0 N–H and O–H groups in total. The summed E-state index contributed by atoms with van der Waals surface area (Å²) in [7, 11) is 5.09. The Morgan fingerprint density at radius 2 is 2.24 bits per heavy atom. The van der Waals surface area contributed by atoms with Crippen LogP contribution in [0.15, 0.2) is 18.3 Å². The second-order valence-electron chi connectivity index (χ2n) is 5.14. The second-order valence-corrected chi connectivity index (χ2v) is 5.14. The van der Waals surface area contributed by atoms with Crippen LogP contribution in [0.4, 0.5) is 5.82 Å². The van der Waals surface area contributed by atoms with Crippen molar-refractivity contribution in [1.82, 2.24) is 14.8 Å². The average molecular weight is 286 g/mol. The monoisotopic (exact) mass is 286 g/mol. The van der Waals surface area contributed by atoms with Crippen LogP contribution in [0.5, 0.6) is 5.75 Å².